The van der Waals surface area contributed by atoms with Gasteiger partial charge in [0.15, 0.2) is 5.78 Å². The van der Waals surface area contributed by atoms with E-state index >= 15 is 0 Å². The first kappa shape index (κ1) is 15.3. The summed E-state index contributed by atoms with van der Waals surface area (Å²) in [5, 5.41) is 0. The molecule has 3 nitrogen and oxygen atoms in total. The molecule has 2 atom stereocenters. The highest BCUT2D eigenvalue weighted by atomic mass is 16.5. The number of hydrogen-bond acceptors (Lipinski definition) is 3. The van der Waals surface area contributed by atoms with Crippen LogP contribution in [0.25, 0.3) is 0 Å². The Labute approximate surface area is 121 Å². The topological polar surface area (TPSA) is 43.4 Å². The van der Waals surface area contributed by atoms with Crippen molar-refractivity contribution < 1.29 is 14.3 Å². The van der Waals surface area contributed by atoms with E-state index in [4.69, 9.17) is 4.74 Å². The molecular weight excluding hydrogens is 252 g/mol. The third-order valence-electron chi connectivity index (χ3n) is 5.44. The molecule has 0 aromatic rings. The molecule has 2 aliphatic rings. The predicted molar refractivity (Wildman–Crippen MR) is 78.2 cm³/mol. The van der Waals surface area contributed by atoms with Gasteiger partial charge in [-0.3, -0.25) is 9.59 Å². The van der Waals surface area contributed by atoms with Crippen LogP contribution < -0.4 is 0 Å². The SMILES string of the molecule is COC(=O)C1(C)CCC2=C(C(C)C)CC[C@@]2(C)CC1=O. The Bertz CT molecular complexity index is 475. The smallest absolute Gasteiger partial charge is 0.319 e. The van der Waals surface area contributed by atoms with Crippen LogP contribution in [-0.4, -0.2) is 18.9 Å². The molecule has 0 heterocycles. The maximum absolute atomic E-state index is 12.6. The Hall–Kier alpha value is -1.12. The van der Waals surface area contributed by atoms with Gasteiger partial charge in [0, 0.05) is 6.42 Å². The average molecular weight is 278 g/mol. The summed E-state index contributed by atoms with van der Waals surface area (Å²) in [5.74, 6) is 0.203. The Morgan fingerprint density at radius 1 is 1.20 bits per heavy atom. The molecule has 1 fully saturated rings. The lowest BCUT2D eigenvalue weighted by Gasteiger charge is -2.27. The Kier molecular flexibility index (Phi) is 3.83. The lowest BCUT2D eigenvalue weighted by molar-refractivity contribution is -0.157. The Balaban J connectivity index is 2.41. The van der Waals surface area contributed by atoms with Crippen LogP contribution in [0.15, 0.2) is 11.1 Å². The van der Waals surface area contributed by atoms with Crippen molar-refractivity contribution in [2.24, 2.45) is 16.7 Å². The van der Waals surface area contributed by atoms with Crippen LogP contribution in [0.3, 0.4) is 0 Å². The van der Waals surface area contributed by atoms with E-state index in [9.17, 15) is 9.59 Å². The third kappa shape index (κ3) is 2.21. The first-order chi connectivity index (χ1) is 9.24. The van der Waals surface area contributed by atoms with Crippen LogP contribution in [0.5, 0.6) is 0 Å². The van der Waals surface area contributed by atoms with Gasteiger partial charge in [0.05, 0.1) is 7.11 Å². The highest BCUT2D eigenvalue weighted by Crippen LogP contribution is 2.53. The standard InChI is InChI=1S/C17H26O3/c1-11(2)12-6-8-16(3)10-14(18)17(4,15(19)20-5)9-7-13(12)16/h11H,6-10H2,1-5H3/t16-,17?/m0/s1. The molecule has 112 valence electrons. The average Bonchev–Trinajstić information content (AvgIpc) is 2.67. The van der Waals surface area contributed by atoms with Crippen molar-refractivity contribution in [1.29, 1.82) is 0 Å². The van der Waals surface area contributed by atoms with E-state index in [0.29, 0.717) is 18.8 Å². The van der Waals surface area contributed by atoms with E-state index in [2.05, 4.69) is 20.8 Å². The molecule has 0 aromatic heterocycles. The minimum atomic E-state index is -0.961. The van der Waals surface area contributed by atoms with Gasteiger partial charge >= 0.3 is 5.97 Å². The zero-order valence-corrected chi connectivity index (χ0v) is 13.3. The van der Waals surface area contributed by atoms with Gasteiger partial charge in [-0.15, -0.1) is 0 Å². The van der Waals surface area contributed by atoms with Gasteiger partial charge in [-0.05, 0) is 43.9 Å². The quantitative estimate of drug-likeness (QED) is 0.440. The summed E-state index contributed by atoms with van der Waals surface area (Å²) in [6, 6.07) is 0. The van der Waals surface area contributed by atoms with Gasteiger partial charge < -0.3 is 4.74 Å². The number of carbonyl (C=O) groups is 2. The summed E-state index contributed by atoms with van der Waals surface area (Å²) < 4.78 is 4.87. The highest BCUT2D eigenvalue weighted by Gasteiger charge is 2.50. The van der Waals surface area contributed by atoms with Crippen molar-refractivity contribution in [3.8, 4) is 0 Å². The van der Waals surface area contributed by atoms with Gasteiger partial charge in [0.1, 0.15) is 5.41 Å². The minimum Gasteiger partial charge on any atom is -0.468 e. The number of methoxy groups -OCH3 is 1. The molecular formula is C17H26O3. The van der Waals surface area contributed by atoms with Crippen molar-refractivity contribution in [1.82, 2.24) is 0 Å². The molecule has 2 aliphatic carbocycles. The van der Waals surface area contributed by atoms with Crippen LogP contribution in [0.2, 0.25) is 0 Å². The van der Waals surface area contributed by atoms with E-state index in [1.807, 2.05) is 0 Å². The molecule has 0 amide bonds. The number of Topliss-reactive ketones (excluding diaryl/α,β-unsaturated/α-hetero) is 1. The Morgan fingerprint density at radius 2 is 1.85 bits per heavy atom. The molecule has 0 aliphatic heterocycles. The van der Waals surface area contributed by atoms with E-state index < -0.39 is 5.41 Å². The van der Waals surface area contributed by atoms with Crippen molar-refractivity contribution in [3.05, 3.63) is 11.1 Å². The van der Waals surface area contributed by atoms with Crippen LogP contribution in [0.1, 0.15) is 59.8 Å². The van der Waals surface area contributed by atoms with Crippen LogP contribution in [0.4, 0.5) is 0 Å². The lowest BCUT2D eigenvalue weighted by Crippen LogP contribution is -2.37. The second-order valence-corrected chi connectivity index (χ2v) is 7.14. The van der Waals surface area contributed by atoms with Gasteiger partial charge in [-0.25, -0.2) is 0 Å². The molecule has 1 unspecified atom stereocenters. The number of rotatable bonds is 2. The molecule has 3 heteroatoms. The molecule has 0 radical (unpaired) electrons. The molecule has 1 saturated carbocycles. The second kappa shape index (κ2) is 5.01. The molecule has 20 heavy (non-hydrogen) atoms. The van der Waals surface area contributed by atoms with Crippen molar-refractivity contribution >= 4 is 11.8 Å². The number of ketones is 1. The molecule has 0 N–H and O–H groups in total. The summed E-state index contributed by atoms with van der Waals surface area (Å²) in [6.07, 6.45) is 4.05. The fourth-order valence-electron chi connectivity index (χ4n) is 3.90. The van der Waals surface area contributed by atoms with Crippen molar-refractivity contribution in [2.75, 3.05) is 7.11 Å². The predicted octanol–water partition coefficient (Wildman–Crippen LogP) is 3.67. The first-order valence-electron chi connectivity index (χ1n) is 7.59. The van der Waals surface area contributed by atoms with Gasteiger partial charge in [0.2, 0.25) is 0 Å². The van der Waals surface area contributed by atoms with E-state index in [1.165, 1.54) is 18.3 Å². The highest BCUT2D eigenvalue weighted by molar-refractivity contribution is 6.04. The number of ether oxygens (including phenoxy) is 1. The summed E-state index contributed by atoms with van der Waals surface area (Å²) in [5.41, 5.74) is 1.95. The largest absolute Gasteiger partial charge is 0.468 e. The van der Waals surface area contributed by atoms with Crippen LogP contribution in [-0.2, 0) is 14.3 Å². The zero-order valence-electron chi connectivity index (χ0n) is 13.3. The van der Waals surface area contributed by atoms with Crippen molar-refractivity contribution in [3.63, 3.8) is 0 Å². The molecule has 0 bridgehead atoms. The lowest BCUT2D eigenvalue weighted by atomic mass is 9.76. The van der Waals surface area contributed by atoms with E-state index in [-0.39, 0.29) is 17.2 Å². The number of esters is 1. The van der Waals surface area contributed by atoms with Crippen LogP contribution in [0, 0.1) is 16.7 Å². The van der Waals surface area contributed by atoms with Crippen LogP contribution >= 0.6 is 0 Å². The maximum Gasteiger partial charge on any atom is 0.319 e. The molecule has 0 saturated heterocycles. The number of hydrogen-bond donors (Lipinski definition) is 0. The van der Waals surface area contributed by atoms with E-state index in [1.54, 1.807) is 6.92 Å². The molecule has 2 rings (SSSR count). The zero-order chi connectivity index (χ0) is 15.1. The van der Waals surface area contributed by atoms with Gasteiger partial charge in [-0.1, -0.05) is 31.9 Å². The molecule has 0 spiro atoms. The number of carbonyl (C=O) groups excluding carboxylic acids is 2. The second-order valence-electron chi connectivity index (χ2n) is 7.14. The monoisotopic (exact) mass is 278 g/mol. The summed E-state index contributed by atoms with van der Waals surface area (Å²) in [6.45, 7) is 8.39. The summed E-state index contributed by atoms with van der Waals surface area (Å²) >= 11 is 0. The fraction of sp³-hybridized carbons (Fsp3) is 0.765. The molecule has 0 aromatic carbocycles. The van der Waals surface area contributed by atoms with Gasteiger partial charge in [-0.2, -0.15) is 0 Å². The summed E-state index contributed by atoms with van der Waals surface area (Å²) in [4.78, 5) is 24.7. The van der Waals surface area contributed by atoms with Gasteiger partial charge in [0.25, 0.3) is 0 Å². The van der Waals surface area contributed by atoms with E-state index in [0.717, 1.165) is 19.3 Å². The first-order valence-corrected chi connectivity index (χ1v) is 7.59. The fourth-order valence-corrected chi connectivity index (χ4v) is 3.90. The minimum absolute atomic E-state index is 0.0392. The summed E-state index contributed by atoms with van der Waals surface area (Å²) in [7, 11) is 1.37. The maximum atomic E-state index is 12.6. The normalized spacial score (nSPS) is 34.2. The Morgan fingerprint density at radius 3 is 2.40 bits per heavy atom. The van der Waals surface area contributed by atoms with Crippen molar-refractivity contribution in [2.45, 2.75) is 59.8 Å². The third-order valence-corrected chi connectivity index (χ3v) is 5.44. The number of allylic oxidation sites excluding steroid dienone is 2. The number of fused-ring (bicyclic) bond motifs is 1.